The third kappa shape index (κ3) is 4.38. The van der Waals surface area contributed by atoms with Gasteiger partial charge in [-0.05, 0) is 31.5 Å². The number of anilines is 2. The average molecular weight is 326 g/mol. The van der Waals surface area contributed by atoms with Crippen LogP contribution in [0.5, 0.6) is 0 Å². The van der Waals surface area contributed by atoms with Gasteiger partial charge in [0.25, 0.3) is 0 Å². The number of hydrogen-bond donors (Lipinski definition) is 2. The second kappa shape index (κ2) is 6.80. The molecule has 22 heavy (non-hydrogen) atoms. The third-order valence-electron chi connectivity index (χ3n) is 2.17. The van der Waals surface area contributed by atoms with Gasteiger partial charge in [0.2, 0.25) is 17.2 Å². The van der Waals surface area contributed by atoms with E-state index in [1.165, 1.54) is 18.3 Å². The van der Waals surface area contributed by atoms with Crippen molar-refractivity contribution in [2.45, 2.75) is 19.9 Å². The number of rotatable bonds is 6. The molecule has 0 saturated heterocycles. The number of furan rings is 1. The Morgan fingerprint density at radius 2 is 2.09 bits per heavy atom. The van der Waals surface area contributed by atoms with Crippen LogP contribution >= 0.6 is 11.6 Å². The monoisotopic (exact) mass is 325 g/mol. The molecular weight excluding hydrogens is 314 g/mol. The Balaban J connectivity index is 2.05. The lowest BCUT2D eigenvalue weighted by molar-refractivity contribution is -0.402. The number of halogens is 1. The van der Waals surface area contributed by atoms with Gasteiger partial charge in [-0.3, -0.25) is 10.1 Å². The summed E-state index contributed by atoms with van der Waals surface area (Å²) in [7, 11) is 0. The van der Waals surface area contributed by atoms with Crippen molar-refractivity contribution in [3.05, 3.63) is 33.3 Å². The Labute approximate surface area is 129 Å². The highest BCUT2D eigenvalue weighted by molar-refractivity contribution is 6.28. The first-order valence-corrected chi connectivity index (χ1v) is 6.53. The average Bonchev–Trinajstić information content (AvgIpc) is 2.86. The van der Waals surface area contributed by atoms with Crippen molar-refractivity contribution in [1.29, 1.82) is 0 Å². The Morgan fingerprint density at radius 1 is 1.36 bits per heavy atom. The second-order valence-corrected chi connectivity index (χ2v) is 4.69. The zero-order valence-corrected chi connectivity index (χ0v) is 12.4. The SMILES string of the molecule is CC(C)Nc1nc(Cl)nc(N/N=C/c2ccc([N+](=O)[O-])o2)n1. The molecule has 10 nitrogen and oxygen atoms in total. The molecule has 0 aliphatic rings. The Kier molecular flexibility index (Phi) is 4.84. The molecule has 0 spiro atoms. The van der Waals surface area contributed by atoms with Gasteiger partial charge in [0, 0.05) is 6.04 Å². The molecule has 2 aromatic heterocycles. The number of nitrogens with zero attached hydrogens (tertiary/aromatic N) is 5. The Bertz CT molecular complexity index is 701. The maximum Gasteiger partial charge on any atom is 0.433 e. The lowest BCUT2D eigenvalue weighted by Crippen LogP contribution is -2.14. The van der Waals surface area contributed by atoms with Crippen LogP contribution in [0, 0.1) is 10.1 Å². The normalized spacial score (nSPS) is 11.1. The van der Waals surface area contributed by atoms with Crippen molar-refractivity contribution in [2.24, 2.45) is 5.10 Å². The summed E-state index contributed by atoms with van der Waals surface area (Å²) >= 11 is 5.78. The summed E-state index contributed by atoms with van der Waals surface area (Å²) in [4.78, 5) is 21.6. The number of hydrazone groups is 1. The molecule has 0 fully saturated rings. The lowest BCUT2D eigenvalue weighted by Gasteiger charge is -2.08. The first-order chi connectivity index (χ1) is 10.4. The molecule has 0 bridgehead atoms. The van der Waals surface area contributed by atoms with Crippen LogP contribution in [0.15, 0.2) is 21.7 Å². The van der Waals surface area contributed by atoms with E-state index in [0.717, 1.165) is 0 Å². The molecule has 2 heterocycles. The molecule has 0 radical (unpaired) electrons. The predicted molar refractivity (Wildman–Crippen MR) is 80.2 cm³/mol. The fraction of sp³-hybridized carbons (Fsp3) is 0.273. The van der Waals surface area contributed by atoms with Crippen molar-refractivity contribution in [3.8, 4) is 0 Å². The van der Waals surface area contributed by atoms with E-state index in [2.05, 4.69) is 30.8 Å². The molecule has 11 heteroatoms. The van der Waals surface area contributed by atoms with Crippen molar-refractivity contribution in [1.82, 2.24) is 15.0 Å². The van der Waals surface area contributed by atoms with Gasteiger partial charge in [0.15, 0.2) is 5.76 Å². The summed E-state index contributed by atoms with van der Waals surface area (Å²) in [5, 5.41) is 17.3. The minimum Gasteiger partial charge on any atom is -0.400 e. The van der Waals surface area contributed by atoms with Gasteiger partial charge in [0.1, 0.15) is 4.92 Å². The summed E-state index contributed by atoms with van der Waals surface area (Å²) < 4.78 is 4.90. The highest BCUT2D eigenvalue weighted by Crippen LogP contribution is 2.14. The molecule has 0 aromatic carbocycles. The van der Waals surface area contributed by atoms with Gasteiger partial charge in [0.05, 0.1) is 12.3 Å². The smallest absolute Gasteiger partial charge is 0.400 e. The van der Waals surface area contributed by atoms with E-state index >= 15 is 0 Å². The van der Waals surface area contributed by atoms with E-state index in [9.17, 15) is 10.1 Å². The summed E-state index contributed by atoms with van der Waals surface area (Å²) in [5.41, 5.74) is 2.54. The molecular formula is C11H12ClN7O3. The largest absolute Gasteiger partial charge is 0.433 e. The number of aromatic nitrogens is 3. The summed E-state index contributed by atoms with van der Waals surface area (Å²) in [6.45, 7) is 3.85. The van der Waals surface area contributed by atoms with Gasteiger partial charge in [-0.25, -0.2) is 5.43 Å². The summed E-state index contributed by atoms with van der Waals surface area (Å²) in [6, 6.07) is 2.76. The van der Waals surface area contributed by atoms with Crippen molar-refractivity contribution in [2.75, 3.05) is 10.7 Å². The van der Waals surface area contributed by atoms with Crippen LogP contribution in [-0.2, 0) is 0 Å². The van der Waals surface area contributed by atoms with Crippen molar-refractivity contribution in [3.63, 3.8) is 0 Å². The number of nitro groups is 1. The van der Waals surface area contributed by atoms with Crippen molar-refractivity contribution < 1.29 is 9.34 Å². The van der Waals surface area contributed by atoms with Gasteiger partial charge < -0.3 is 9.73 Å². The van der Waals surface area contributed by atoms with Gasteiger partial charge in [-0.1, -0.05) is 0 Å². The van der Waals surface area contributed by atoms with Crippen LogP contribution in [0.4, 0.5) is 17.8 Å². The number of hydrogen-bond acceptors (Lipinski definition) is 9. The van der Waals surface area contributed by atoms with E-state index in [4.69, 9.17) is 16.0 Å². The van der Waals surface area contributed by atoms with Crippen LogP contribution in [0.1, 0.15) is 19.6 Å². The zero-order chi connectivity index (χ0) is 16.1. The Hall–Kier alpha value is -2.75. The van der Waals surface area contributed by atoms with E-state index < -0.39 is 4.92 Å². The molecule has 0 atom stereocenters. The van der Waals surface area contributed by atoms with E-state index in [-0.39, 0.29) is 28.9 Å². The summed E-state index contributed by atoms with van der Waals surface area (Å²) in [6.07, 6.45) is 1.25. The molecule has 2 aromatic rings. The van der Waals surface area contributed by atoms with Gasteiger partial charge in [-0.2, -0.15) is 20.1 Å². The molecule has 2 N–H and O–H groups in total. The third-order valence-corrected chi connectivity index (χ3v) is 2.34. The van der Waals surface area contributed by atoms with E-state index in [1.54, 1.807) is 0 Å². The maximum atomic E-state index is 10.5. The van der Waals surface area contributed by atoms with Crippen LogP contribution < -0.4 is 10.7 Å². The molecule has 2 rings (SSSR count). The van der Waals surface area contributed by atoms with Crippen LogP contribution in [0.2, 0.25) is 5.28 Å². The van der Waals surface area contributed by atoms with Gasteiger partial charge >= 0.3 is 5.88 Å². The molecule has 0 unspecified atom stereocenters. The van der Waals surface area contributed by atoms with E-state index in [0.29, 0.717) is 5.95 Å². The quantitative estimate of drug-likeness (QED) is 0.469. The minimum atomic E-state index is -0.639. The first kappa shape index (κ1) is 15.6. The Morgan fingerprint density at radius 3 is 2.73 bits per heavy atom. The van der Waals surface area contributed by atoms with Crippen LogP contribution in [0.3, 0.4) is 0 Å². The summed E-state index contributed by atoms with van der Waals surface area (Å²) in [5.74, 6) is 0.273. The van der Waals surface area contributed by atoms with E-state index in [1.807, 2.05) is 13.8 Å². The maximum absolute atomic E-state index is 10.5. The topological polar surface area (TPSA) is 131 Å². The van der Waals surface area contributed by atoms with Crippen LogP contribution in [0.25, 0.3) is 0 Å². The molecule has 116 valence electrons. The fourth-order valence-corrected chi connectivity index (χ4v) is 1.55. The minimum absolute atomic E-state index is 0.00415. The first-order valence-electron chi connectivity index (χ1n) is 6.15. The van der Waals surface area contributed by atoms with Gasteiger partial charge in [-0.15, -0.1) is 0 Å². The molecule has 0 amide bonds. The highest BCUT2D eigenvalue weighted by atomic mass is 35.5. The second-order valence-electron chi connectivity index (χ2n) is 4.35. The molecule has 0 saturated carbocycles. The standard InChI is InChI=1S/C11H12ClN7O3/c1-6(2)14-10-15-9(12)16-11(17-10)18-13-5-7-3-4-8(22-7)19(20)21/h3-6H,1-2H3,(H2,14,15,16,17,18)/b13-5+. The fourth-order valence-electron chi connectivity index (χ4n) is 1.39. The molecule has 0 aliphatic heterocycles. The van der Waals surface area contributed by atoms with Crippen LogP contribution in [-0.4, -0.2) is 32.1 Å². The molecule has 0 aliphatic carbocycles. The lowest BCUT2D eigenvalue weighted by atomic mass is 10.4. The highest BCUT2D eigenvalue weighted by Gasteiger charge is 2.10. The number of nitrogens with one attached hydrogen (secondary N) is 2. The zero-order valence-electron chi connectivity index (χ0n) is 11.6. The van der Waals surface area contributed by atoms with Crippen molar-refractivity contribution >= 4 is 35.6 Å². The predicted octanol–water partition coefficient (Wildman–Crippen LogP) is 2.29.